The van der Waals surface area contributed by atoms with E-state index in [9.17, 15) is 8.78 Å². The number of nitrogens with one attached hydrogen (secondary N) is 1. The van der Waals surface area contributed by atoms with Gasteiger partial charge >= 0.3 is 0 Å². The number of hydrogen-bond donors (Lipinski definition) is 1. The van der Waals surface area contributed by atoms with E-state index in [2.05, 4.69) is 21.2 Å². The molecule has 2 aromatic rings. The Hall–Kier alpha value is -1.46. The molecule has 0 unspecified atom stereocenters. The molecule has 0 radical (unpaired) electrons. The largest absolute Gasteiger partial charge is 0.454 e. The summed E-state index contributed by atoms with van der Waals surface area (Å²) in [5.41, 5.74) is 1.88. The van der Waals surface area contributed by atoms with Gasteiger partial charge in [0.25, 0.3) is 0 Å². The first-order valence-corrected chi connectivity index (χ1v) is 7.43. The molecule has 0 saturated carbocycles. The first-order valence-electron chi connectivity index (χ1n) is 6.64. The molecule has 0 saturated heterocycles. The summed E-state index contributed by atoms with van der Waals surface area (Å²) in [7, 11) is 0. The third-order valence-electron chi connectivity index (χ3n) is 3.01. The van der Waals surface area contributed by atoms with Crippen LogP contribution in [0, 0.1) is 18.6 Å². The van der Waals surface area contributed by atoms with Crippen LogP contribution in [0.3, 0.4) is 0 Å². The number of hydrogen-bond acceptors (Lipinski definition) is 2. The minimum atomic E-state index is -0.991. The lowest BCUT2D eigenvalue weighted by Gasteiger charge is -2.12. The van der Waals surface area contributed by atoms with Crippen LogP contribution in [0.5, 0.6) is 11.5 Å². The molecule has 112 valence electrons. The van der Waals surface area contributed by atoms with Crippen LogP contribution in [-0.2, 0) is 6.54 Å². The van der Waals surface area contributed by atoms with Crippen molar-refractivity contribution in [2.45, 2.75) is 20.4 Å². The highest BCUT2D eigenvalue weighted by Crippen LogP contribution is 2.31. The van der Waals surface area contributed by atoms with E-state index in [0.29, 0.717) is 16.8 Å². The molecule has 0 amide bonds. The maximum Gasteiger partial charge on any atom is 0.201 e. The Morgan fingerprint density at radius 3 is 2.62 bits per heavy atom. The van der Waals surface area contributed by atoms with E-state index < -0.39 is 11.6 Å². The third kappa shape index (κ3) is 4.02. The summed E-state index contributed by atoms with van der Waals surface area (Å²) in [5, 5.41) is 3.21. The summed E-state index contributed by atoms with van der Waals surface area (Å²) in [6, 6.07) is 8.18. The Kier molecular flexibility index (Phi) is 5.31. The van der Waals surface area contributed by atoms with Crippen molar-refractivity contribution < 1.29 is 13.5 Å². The molecular formula is C16H16BrF2NO. The van der Waals surface area contributed by atoms with Gasteiger partial charge in [-0.15, -0.1) is 0 Å². The van der Waals surface area contributed by atoms with Crippen LogP contribution in [0.15, 0.2) is 34.8 Å². The van der Waals surface area contributed by atoms with Crippen LogP contribution in [0.2, 0.25) is 0 Å². The second-order valence-corrected chi connectivity index (χ2v) is 5.60. The molecule has 2 rings (SSSR count). The lowest BCUT2D eigenvalue weighted by Crippen LogP contribution is -2.11. The molecule has 2 nitrogen and oxygen atoms in total. The molecule has 21 heavy (non-hydrogen) atoms. The van der Waals surface area contributed by atoms with Gasteiger partial charge in [0.15, 0.2) is 11.6 Å². The predicted molar refractivity (Wildman–Crippen MR) is 82.7 cm³/mol. The molecular weight excluding hydrogens is 340 g/mol. The van der Waals surface area contributed by atoms with Crippen LogP contribution in [0.25, 0.3) is 0 Å². The lowest BCUT2D eigenvalue weighted by atomic mass is 10.1. The highest BCUT2D eigenvalue weighted by Gasteiger charge is 2.13. The van der Waals surface area contributed by atoms with Gasteiger partial charge in [-0.1, -0.05) is 35.0 Å². The Bertz CT molecular complexity index is 646. The van der Waals surface area contributed by atoms with Gasteiger partial charge < -0.3 is 10.1 Å². The minimum Gasteiger partial charge on any atom is -0.454 e. The number of rotatable bonds is 5. The van der Waals surface area contributed by atoms with Crippen molar-refractivity contribution in [3.05, 3.63) is 57.6 Å². The van der Waals surface area contributed by atoms with Gasteiger partial charge in [0.1, 0.15) is 5.75 Å². The van der Waals surface area contributed by atoms with Gasteiger partial charge in [-0.05, 0) is 42.8 Å². The molecule has 2 aromatic carbocycles. The summed E-state index contributed by atoms with van der Waals surface area (Å²) >= 11 is 3.13. The van der Waals surface area contributed by atoms with Crippen molar-refractivity contribution in [1.29, 1.82) is 0 Å². The van der Waals surface area contributed by atoms with Crippen molar-refractivity contribution in [1.82, 2.24) is 5.32 Å². The van der Waals surface area contributed by atoms with E-state index in [1.807, 2.05) is 32.0 Å². The summed E-state index contributed by atoms with van der Waals surface area (Å²) in [6.07, 6.45) is 0. The zero-order valence-electron chi connectivity index (χ0n) is 11.8. The van der Waals surface area contributed by atoms with Crippen molar-refractivity contribution in [2.75, 3.05) is 6.54 Å². The zero-order chi connectivity index (χ0) is 15.4. The summed E-state index contributed by atoms with van der Waals surface area (Å²) in [4.78, 5) is 0. The average Bonchev–Trinajstić information content (AvgIpc) is 2.45. The monoisotopic (exact) mass is 355 g/mol. The molecule has 0 spiro atoms. The van der Waals surface area contributed by atoms with Gasteiger partial charge in [0.2, 0.25) is 5.82 Å². The molecule has 1 N–H and O–H groups in total. The number of aryl methyl sites for hydroxylation is 1. The average molecular weight is 356 g/mol. The second-order valence-electron chi connectivity index (χ2n) is 4.68. The van der Waals surface area contributed by atoms with Crippen molar-refractivity contribution >= 4 is 15.9 Å². The van der Waals surface area contributed by atoms with Gasteiger partial charge in [0.05, 0.1) is 0 Å². The Morgan fingerprint density at radius 1 is 1.14 bits per heavy atom. The van der Waals surface area contributed by atoms with E-state index in [-0.39, 0.29) is 5.75 Å². The minimum absolute atomic E-state index is 0.134. The van der Waals surface area contributed by atoms with E-state index in [1.54, 1.807) is 0 Å². The lowest BCUT2D eigenvalue weighted by molar-refractivity contribution is 0.413. The number of halogens is 3. The molecule has 0 aliphatic rings. The first kappa shape index (κ1) is 15.9. The third-order valence-corrected chi connectivity index (χ3v) is 3.47. The first-order chi connectivity index (χ1) is 10.0. The van der Waals surface area contributed by atoms with Crippen molar-refractivity contribution in [2.24, 2.45) is 0 Å². The fourth-order valence-corrected chi connectivity index (χ4v) is 2.27. The quantitative estimate of drug-likeness (QED) is 0.767. The van der Waals surface area contributed by atoms with Gasteiger partial charge in [-0.3, -0.25) is 0 Å². The van der Waals surface area contributed by atoms with E-state index >= 15 is 0 Å². The van der Waals surface area contributed by atoms with Gasteiger partial charge in [-0.25, -0.2) is 4.39 Å². The highest BCUT2D eigenvalue weighted by molar-refractivity contribution is 9.10. The summed E-state index contributed by atoms with van der Waals surface area (Å²) in [5.74, 6) is -1.55. The predicted octanol–water partition coefficient (Wildman–Crippen LogP) is 4.94. The normalized spacial score (nSPS) is 10.7. The Morgan fingerprint density at radius 2 is 1.90 bits per heavy atom. The molecule has 0 atom stereocenters. The van der Waals surface area contributed by atoms with E-state index in [0.717, 1.165) is 23.7 Å². The van der Waals surface area contributed by atoms with E-state index in [4.69, 9.17) is 4.74 Å². The van der Waals surface area contributed by atoms with Crippen molar-refractivity contribution in [3.8, 4) is 11.5 Å². The Balaban J connectivity index is 2.30. The van der Waals surface area contributed by atoms with Gasteiger partial charge in [-0.2, -0.15) is 4.39 Å². The standard InChI is InChI=1S/C16H16BrF2NO/c1-3-20-9-11-5-4-10(2)14(6-11)21-15-8-12(17)7-13(18)16(15)19/h4-8,20H,3,9H2,1-2H3. The highest BCUT2D eigenvalue weighted by atomic mass is 79.9. The van der Waals surface area contributed by atoms with Crippen LogP contribution in [0.4, 0.5) is 8.78 Å². The fraction of sp³-hybridized carbons (Fsp3) is 0.250. The molecule has 0 bridgehead atoms. The van der Waals surface area contributed by atoms with Crippen LogP contribution < -0.4 is 10.1 Å². The molecule has 0 aliphatic heterocycles. The summed E-state index contributed by atoms with van der Waals surface area (Å²) in [6.45, 7) is 5.43. The molecule has 0 fully saturated rings. The number of ether oxygens (including phenoxy) is 1. The second kappa shape index (κ2) is 7.00. The molecule has 0 aliphatic carbocycles. The number of benzene rings is 2. The summed E-state index contributed by atoms with van der Waals surface area (Å²) < 4.78 is 33.1. The van der Waals surface area contributed by atoms with Crippen LogP contribution in [0.1, 0.15) is 18.1 Å². The fourth-order valence-electron chi connectivity index (χ4n) is 1.86. The smallest absolute Gasteiger partial charge is 0.201 e. The maximum absolute atomic E-state index is 13.8. The van der Waals surface area contributed by atoms with E-state index in [1.165, 1.54) is 6.07 Å². The molecule has 5 heteroatoms. The van der Waals surface area contributed by atoms with Crippen molar-refractivity contribution in [3.63, 3.8) is 0 Å². The molecule has 0 heterocycles. The topological polar surface area (TPSA) is 21.3 Å². The van der Waals surface area contributed by atoms with Gasteiger partial charge in [0, 0.05) is 11.0 Å². The Labute approximate surface area is 131 Å². The maximum atomic E-state index is 13.8. The SMILES string of the molecule is CCNCc1ccc(C)c(Oc2cc(Br)cc(F)c2F)c1. The van der Waals surface area contributed by atoms with Crippen LogP contribution >= 0.6 is 15.9 Å². The van der Waals surface area contributed by atoms with Crippen LogP contribution in [-0.4, -0.2) is 6.54 Å². The zero-order valence-corrected chi connectivity index (χ0v) is 13.4. The molecule has 0 aromatic heterocycles.